The zero-order valence-electron chi connectivity index (χ0n) is 15.8. The van der Waals surface area contributed by atoms with Gasteiger partial charge in [-0.05, 0) is 17.7 Å². The highest BCUT2D eigenvalue weighted by atomic mass is 19.1. The minimum Gasteiger partial charge on any atom is -0.458 e. The van der Waals surface area contributed by atoms with Crippen LogP contribution < -0.4 is 5.73 Å². The van der Waals surface area contributed by atoms with E-state index in [1.807, 2.05) is 0 Å². The molecule has 154 valence electrons. The number of ether oxygens (including phenoxy) is 2. The molecule has 1 aromatic carbocycles. The van der Waals surface area contributed by atoms with Crippen LogP contribution in [0.25, 0.3) is 16.9 Å². The summed E-state index contributed by atoms with van der Waals surface area (Å²) < 4.78 is 25.8. The molecule has 0 aliphatic carbocycles. The molecule has 9 nitrogen and oxygen atoms in total. The van der Waals surface area contributed by atoms with Crippen molar-refractivity contribution < 1.29 is 23.8 Å². The molecule has 10 heteroatoms. The molecule has 1 fully saturated rings. The zero-order valence-corrected chi connectivity index (χ0v) is 15.8. The summed E-state index contributed by atoms with van der Waals surface area (Å²) in [4.78, 5) is 24.2. The first kappa shape index (κ1) is 19.8. The van der Waals surface area contributed by atoms with Crippen molar-refractivity contribution in [1.82, 2.24) is 19.5 Å². The lowest BCUT2D eigenvalue weighted by Crippen LogP contribution is -2.41. The highest BCUT2D eigenvalue weighted by molar-refractivity contribution is 5.88. The van der Waals surface area contributed by atoms with Crippen molar-refractivity contribution >= 4 is 23.0 Å². The first-order chi connectivity index (χ1) is 14.5. The first-order valence-corrected chi connectivity index (χ1v) is 9.13. The van der Waals surface area contributed by atoms with Crippen molar-refractivity contribution in [2.45, 2.75) is 17.9 Å². The van der Waals surface area contributed by atoms with Gasteiger partial charge in [-0.2, -0.15) is 14.4 Å². The Morgan fingerprint density at radius 2 is 2.33 bits per heavy atom. The SMILES string of the molecule is C#C[C@@](CO)(C(=O)OC1CCOC1)c1cccc(-n2cnc3c(N)nc(F)nc32)c1. The first-order valence-electron chi connectivity index (χ1n) is 9.13. The topological polar surface area (TPSA) is 125 Å². The van der Waals surface area contributed by atoms with Gasteiger partial charge in [0, 0.05) is 12.1 Å². The van der Waals surface area contributed by atoms with E-state index < -0.39 is 30.2 Å². The van der Waals surface area contributed by atoms with E-state index in [1.54, 1.807) is 24.3 Å². The number of aliphatic hydroxyl groups is 1. The minimum absolute atomic E-state index is 0.0944. The summed E-state index contributed by atoms with van der Waals surface area (Å²) in [7, 11) is 0. The number of nitrogens with two attached hydrogens (primary N) is 1. The monoisotopic (exact) mass is 411 g/mol. The van der Waals surface area contributed by atoms with Crippen LogP contribution in [-0.2, 0) is 19.7 Å². The Balaban J connectivity index is 1.76. The molecule has 1 unspecified atom stereocenters. The number of halogens is 1. The Morgan fingerprint density at radius 3 is 3.03 bits per heavy atom. The third-order valence-electron chi connectivity index (χ3n) is 5.01. The van der Waals surface area contributed by atoms with Crippen molar-refractivity contribution in [3.05, 3.63) is 42.2 Å². The van der Waals surface area contributed by atoms with Crippen LogP contribution in [0.1, 0.15) is 12.0 Å². The number of aliphatic hydroxyl groups excluding tert-OH is 1. The number of imidazole rings is 1. The molecule has 2 atom stereocenters. The van der Waals surface area contributed by atoms with Gasteiger partial charge in [-0.15, -0.1) is 6.42 Å². The molecule has 0 radical (unpaired) electrons. The largest absolute Gasteiger partial charge is 0.458 e. The number of aromatic nitrogens is 4. The van der Waals surface area contributed by atoms with E-state index in [9.17, 15) is 14.3 Å². The molecule has 30 heavy (non-hydrogen) atoms. The van der Waals surface area contributed by atoms with Crippen LogP contribution in [0.3, 0.4) is 0 Å². The van der Waals surface area contributed by atoms with Crippen LogP contribution in [-0.4, -0.2) is 56.5 Å². The summed E-state index contributed by atoms with van der Waals surface area (Å²) in [6.07, 6.45) is 6.23. The third-order valence-corrected chi connectivity index (χ3v) is 5.01. The second-order valence-corrected chi connectivity index (χ2v) is 6.81. The van der Waals surface area contributed by atoms with Gasteiger partial charge in [0.05, 0.1) is 19.8 Å². The number of hydrogen-bond acceptors (Lipinski definition) is 8. The number of nitrogen functional groups attached to an aromatic ring is 1. The number of esters is 1. The fraction of sp³-hybridized carbons (Fsp3) is 0.300. The summed E-state index contributed by atoms with van der Waals surface area (Å²) in [5.74, 6) is 1.55. The number of rotatable bonds is 5. The Kier molecular flexibility index (Phi) is 5.07. The maximum Gasteiger partial charge on any atom is 0.331 e. The summed E-state index contributed by atoms with van der Waals surface area (Å²) >= 11 is 0. The molecular weight excluding hydrogens is 393 g/mol. The number of benzene rings is 1. The molecule has 0 saturated carbocycles. The minimum atomic E-state index is -1.71. The van der Waals surface area contributed by atoms with Crippen LogP contribution in [0.2, 0.25) is 0 Å². The lowest BCUT2D eigenvalue weighted by molar-refractivity contribution is -0.155. The van der Waals surface area contributed by atoms with Gasteiger partial charge in [-0.3, -0.25) is 4.57 Å². The number of fused-ring (bicyclic) bond motifs is 1. The fourth-order valence-corrected chi connectivity index (χ4v) is 3.32. The molecular formula is C20H18FN5O4. The lowest BCUT2D eigenvalue weighted by Gasteiger charge is -2.26. The maximum atomic E-state index is 13.7. The molecule has 0 spiro atoms. The Hall–Kier alpha value is -3.55. The molecule has 1 saturated heterocycles. The fourth-order valence-electron chi connectivity index (χ4n) is 3.32. The van der Waals surface area contributed by atoms with Gasteiger partial charge < -0.3 is 20.3 Å². The summed E-state index contributed by atoms with van der Waals surface area (Å²) in [6, 6.07) is 6.52. The van der Waals surface area contributed by atoms with E-state index >= 15 is 0 Å². The van der Waals surface area contributed by atoms with Crippen molar-refractivity contribution in [3.8, 4) is 18.0 Å². The molecule has 0 bridgehead atoms. The predicted molar refractivity (Wildman–Crippen MR) is 104 cm³/mol. The van der Waals surface area contributed by atoms with E-state index in [0.29, 0.717) is 24.3 Å². The molecule has 2 aromatic heterocycles. The maximum absolute atomic E-state index is 13.7. The van der Waals surface area contributed by atoms with Gasteiger partial charge >= 0.3 is 12.0 Å². The van der Waals surface area contributed by atoms with Gasteiger partial charge in [0.25, 0.3) is 0 Å². The van der Waals surface area contributed by atoms with Gasteiger partial charge in [0.2, 0.25) is 0 Å². The quantitative estimate of drug-likeness (QED) is 0.358. The number of nitrogens with zero attached hydrogens (tertiary/aromatic N) is 4. The number of carbonyl (C=O) groups is 1. The molecule has 1 aliphatic heterocycles. The van der Waals surface area contributed by atoms with E-state index in [4.69, 9.17) is 21.6 Å². The van der Waals surface area contributed by atoms with E-state index in [2.05, 4.69) is 20.9 Å². The summed E-state index contributed by atoms with van der Waals surface area (Å²) in [6.45, 7) is 0.115. The number of anilines is 1. The predicted octanol–water partition coefficient (Wildman–Crippen LogP) is 0.732. The second kappa shape index (κ2) is 7.70. The van der Waals surface area contributed by atoms with Crippen molar-refractivity contribution in [2.24, 2.45) is 0 Å². The Labute approximate surface area is 170 Å². The Bertz CT molecular complexity index is 1150. The molecule has 1 aliphatic rings. The molecule has 3 N–H and O–H groups in total. The van der Waals surface area contributed by atoms with Crippen molar-refractivity contribution in [1.29, 1.82) is 0 Å². The molecule has 3 aromatic rings. The van der Waals surface area contributed by atoms with E-state index in [1.165, 1.54) is 10.9 Å². The lowest BCUT2D eigenvalue weighted by atomic mass is 9.81. The number of hydrogen-bond donors (Lipinski definition) is 2. The van der Waals surface area contributed by atoms with Crippen LogP contribution in [0.4, 0.5) is 10.2 Å². The second-order valence-electron chi connectivity index (χ2n) is 6.81. The van der Waals surface area contributed by atoms with Crippen LogP contribution in [0.15, 0.2) is 30.6 Å². The highest BCUT2D eigenvalue weighted by Gasteiger charge is 2.41. The van der Waals surface area contributed by atoms with Crippen LogP contribution in [0.5, 0.6) is 0 Å². The molecule has 0 amide bonds. The van der Waals surface area contributed by atoms with Gasteiger partial charge in [-0.1, -0.05) is 18.1 Å². The van der Waals surface area contributed by atoms with Crippen LogP contribution in [0, 0.1) is 18.4 Å². The van der Waals surface area contributed by atoms with Gasteiger partial charge in [-0.25, -0.2) is 9.78 Å². The summed E-state index contributed by atoms with van der Waals surface area (Å²) in [5, 5.41) is 10.1. The standard InChI is InChI=1S/C20H18FN5O4/c1-2-20(10-27,18(28)30-14-6-7-29-9-14)12-4-3-5-13(8-12)26-11-23-15-16(22)24-19(21)25-17(15)26/h1,3-5,8,11,14,27H,6-7,9-10H2,(H2,22,24,25)/t14?,20-/m0/s1. The number of terminal acetylenes is 1. The number of carbonyl (C=O) groups excluding carboxylic acids is 1. The summed E-state index contributed by atoms with van der Waals surface area (Å²) in [5.41, 5.74) is 5.19. The smallest absolute Gasteiger partial charge is 0.331 e. The van der Waals surface area contributed by atoms with Crippen LogP contribution >= 0.6 is 0 Å². The average Bonchev–Trinajstić information content (AvgIpc) is 3.39. The van der Waals surface area contributed by atoms with E-state index in [0.717, 1.165) is 0 Å². The molecule has 4 rings (SSSR count). The van der Waals surface area contributed by atoms with Crippen molar-refractivity contribution in [3.63, 3.8) is 0 Å². The zero-order chi connectivity index (χ0) is 21.3. The third kappa shape index (κ3) is 3.24. The normalized spacial score (nSPS) is 18.1. The average molecular weight is 411 g/mol. The van der Waals surface area contributed by atoms with Gasteiger partial charge in [0.1, 0.15) is 12.4 Å². The van der Waals surface area contributed by atoms with Crippen molar-refractivity contribution in [2.75, 3.05) is 25.6 Å². The van der Waals surface area contributed by atoms with Gasteiger partial charge in [0.15, 0.2) is 22.4 Å². The van der Waals surface area contributed by atoms with E-state index in [-0.39, 0.29) is 23.6 Å². The highest BCUT2D eigenvalue weighted by Crippen LogP contribution is 2.29. The Morgan fingerprint density at radius 1 is 1.50 bits per heavy atom. The molecule has 3 heterocycles.